The van der Waals surface area contributed by atoms with Crippen molar-refractivity contribution in [2.75, 3.05) is 44.4 Å². The van der Waals surface area contributed by atoms with Gasteiger partial charge in [-0.15, -0.1) is 0 Å². The number of halogens is 1. The van der Waals surface area contributed by atoms with Crippen LogP contribution >= 0.6 is 11.6 Å². The zero-order chi connectivity index (χ0) is 33.8. The van der Waals surface area contributed by atoms with Gasteiger partial charge in [-0.05, 0) is 117 Å². The summed E-state index contributed by atoms with van der Waals surface area (Å²) in [4.78, 5) is 31.0. The molecule has 3 aliphatic heterocycles. The Morgan fingerprint density at radius 2 is 1.96 bits per heavy atom. The quantitative estimate of drug-likeness (QED) is 0.420. The molecule has 11 heteroatoms. The van der Waals surface area contributed by atoms with Gasteiger partial charge in [0.25, 0.3) is 5.91 Å². The van der Waals surface area contributed by atoms with Crippen molar-refractivity contribution in [1.82, 2.24) is 9.62 Å². The first kappa shape index (κ1) is 33.7. The number of aliphatic hydroxyl groups is 1. The number of hydrogen-bond acceptors (Lipinski definition) is 7. The van der Waals surface area contributed by atoms with Crippen LogP contribution in [-0.2, 0) is 31.1 Å². The summed E-state index contributed by atoms with van der Waals surface area (Å²) < 4.78 is 28.9. The number of carbonyl (C=O) groups is 2. The molecule has 0 aromatic heterocycles. The summed E-state index contributed by atoms with van der Waals surface area (Å²) >= 11 is 6.44. The summed E-state index contributed by atoms with van der Waals surface area (Å²) in [5.41, 5.74) is 3.49. The number of aliphatic hydroxyl groups excluding tert-OH is 1. The maximum atomic E-state index is 14.0. The lowest BCUT2D eigenvalue weighted by Crippen LogP contribution is -2.53. The van der Waals surface area contributed by atoms with Gasteiger partial charge in [-0.2, -0.15) is 0 Å². The summed E-state index contributed by atoms with van der Waals surface area (Å²) in [5, 5.41) is 12.1. The van der Waals surface area contributed by atoms with Gasteiger partial charge in [0.05, 0.1) is 34.7 Å². The van der Waals surface area contributed by atoms with Crippen molar-refractivity contribution in [3.8, 4) is 5.75 Å². The highest BCUT2D eigenvalue weighted by Crippen LogP contribution is 2.47. The smallest absolute Gasteiger partial charge is 0.262 e. The Bertz CT molecular complexity index is 1680. The number of carbonyl (C=O) groups excluding carboxylic acids is 2. The van der Waals surface area contributed by atoms with Gasteiger partial charge in [0, 0.05) is 46.9 Å². The van der Waals surface area contributed by atoms with E-state index in [9.17, 15) is 18.9 Å². The number of fused-ring (bicyclic) bond motifs is 4. The number of aryl methyl sites for hydroxylation is 1. The second-order valence-corrected chi connectivity index (χ2v) is 17.8. The van der Waals surface area contributed by atoms with E-state index in [1.807, 2.05) is 36.9 Å². The molecule has 1 unspecified atom stereocenters. The first-order valence-corrected chi connectivity index (χ1v) is 19.6. The molecule has 8 atom stereocenters. The number of rotatable bonds is 1. The van der Waals surface area contributed by atoms with Crippen LogP contribution in [-0.4, -0.2) is 88.8 Å². The fourth-order valence-electron chi connectivity index (χ4n) is 8.89. The molecule has 260 valence electrons. The normalized spacial score (nSPS) is 35.8. The molecule has 2 bridgehead atoms. The molecule has 5 aliphatic rings. The summed E-state index contributed by atoms with van der Waals surface area (Å²) in [7, 11) is -3.07. The lowest BCUT2D eigenvalue weighted by molar-refractivity contribution is -0.147. The SMILES string of the molecule is C=S1(=O)NC(=O)c2ccc3c(c2)N(C[C@@H]2CC[C@H]2[C@@H](O)C[C@@H](N2CCOCC2=O)C[C@H](C)[C@H]1C)C[C@@]1(CCCc2cc(Cl)ccc21)CO3. The third-order valence-electron chi connectivity index (χ3n) is 12.0. The molecule has 0 radical (unpaired) electrons. The highest BCUT2D eigenvalue weighted by molar-refractivity contribution is 7.99. The number of amides is 2. The van der Waals surface area contributed by atoms with Crippen molar-refractivity contribution < 1.29 is 28.4 Å². The van der Waals surface area contributed by atoms with Crippen molar-refractivity contribution >= 4 is 44.7 Å². The van der Waals surface area contributed by atoms with Crippen LogP contribution in [0.2, 0.25) is 5.02 Å². The molecule has 3 heterocycles. The summed E-state index contributed by atoms with van der Waals surface area (Å²) in [6.07, 6.45) is 5.26. The average Bonchev–Trinajstić information content (AvgIpc) is 3.18. The van der Waals surface area contributed by atoms with Crippen LogP contribution in [0.5, 0.6) is 5.75 Å². The van der Waals surface area contributed by atoms with E-state index in [1.165, 1.54) is 11.1 Å². The van der Waals surface area contributed by atoms with E-state index in [0.717, 1.165) is 42.8 Å². The van der Waals surface area contributed by atoms with Gasteiger partial charge < -0.3 is 24.4 Å². The van der Waals surface area contributed by atoms with E-state index < -0.39 is 27.0 Å². The van der Waals surface area contributed by atoms with Crippen LogP contribution in [0.3, 0.4) is 0 Å². The van der Waals surface area contributed by atoms with Crippen LogP contribution < -0.4 is 14.4 Å². The monoisotopic (exact) mass is 697 g/mol. The van der Waals surface area contributed by atoms with Crippen molar-refractivity contribution in [2.24, 2.45) is 17.8 Å². The van der Waals surface area contributed by atoms with E-state index in [4.69, 9.17) is 21.1 Å². The van der Waals surface area contributed by atoms with E-state index >= 15 is 0 Å². The highest BCUT2D eigenvalue weighted by Gasteiger charge is 2.45. The second-order valence-electron chi connectivity index (χ2n) is 15.0. The third-order valence-corrected chi connectivity index (χ3v) is 14.4. The topological polar surface area (TPSA) is 108 Å². The van der Waals surface area contributed by atoms with Gasteiger partial charge in [0.2, 0.25) is 5.91 Å². The minimum atomic E-state index is -3.07. The Hall–Kier alpha value is -2.79. The molecule has 1 saturated heterocycles. The fourth-order valence-corrected chi connectivity index (χ4v) is 10.6. The number of ether oxygens (including phenoxy) is 2. The minimum Gasteiger partial charge on any atom is -0.490 e. The first-order chi connectivity index (χ1) is 22.9. The van der Waals surface area contributed by atoms with E-state index in [0.29, 0.717) is 57.0 Å². The van der Waals surface area contributed by atoms with Crippen molar-refractivity contribution in [1.29, 1.82) is 0 Å². The maximum Gasteiger partial charge on any atom is 0.262 e. The number of anilines is 1. The molecule has 2 amide bonds. The van der Waals surface area contributed by atoms with Crippen LogP contribution in [0, 0.1) is 17.8 Å². The predicted octanol–water partition coefficient (Wildman–Crippen LogP) is 4.61. The average molecular weight is 698 g/mol. The van der Waals surface area contributed by atoms with Gasteiger partial charge in [-0.1, -0.05) is 24.6 Å². The number of benzene rings is 2. The molecule has 2 fully saturated rings. The maximum absolute atomic E-state index is 14.0. The Morgan fingerprint density at radius 3 is 2.73 bits per heavy atom. The molecule has 48 heavy (non-hydrogen) atoms. The molecule has 2 aliphatic carbocycles. The molecule has 1 spiro atoms. The van der Waals surface area contributed by atoms with Gasteiger partial charge in [-0.3, -0.25) is 14.3 Å². The van der Waals surface area contributed by atoms with Crippen LogP contribution in [0.25, 0.3) is 0 Å². The Balaban J connectivity index is 1.28. The van der Waals surface area contributed by atoms with Gasteiger partial charge in [0.1, 0.15) is 12.4 Å². The molecule has 7 rings (SSSR count). The zero-order valence-electron chi connectivity index (χ0n) is 28.0. The Kier molecular flexibility index (Phi) is 9.24. The molecule has 1 saturated carbocycles. The van der Waals surface area contributed by atoms with Crippen molar-refractivity contribution in [3.05, 3.63) is 58.1 Å². The van der Waals surface area contributed by atoms with Crippen LogP contribution in [0.1, 0.15) is 73.9 Å². The lowest BCUT2D eigenvalue weighted by atomic mass is 9.67. The van der Waals surface area contributed by atoms with Crippen LogP contribution in [0.15, 0.2) is 36.4 Å². The van der Waals surface area contributed by atoms with Gasteiger partial charge in [0.15, 0.2) is 0 Å². The lowest BCUT2D eigenvalue weighted by Gasteiger charge is -2.47. The zero-order valence-corrected chi connectivity index (χ0v) is 29.6. The first-order valence-electron chi connectivity index (χ1n) is 17.5. The molecule has 2 aromatic rings. The number of hydrogen-bond donors (Lipinski definition) is 2. The van der Waals surface area contributed by atoms with E-state index in [2.05, 4.69) is 27.6 Å². The predicted molar refractivity (Wildman–Crippen MR) is 189 cm³/mol. The molecule has 9 nitrogen and oxygen atoms in total. The number of nitrogens with one attached hydrogen (secondary N) is 1. The van der Waals surface area contributed by atoms with Crippen LogP contribution in [0.4, 0.5) is 5.69 Å². The summed E-state index contributed by atoms with van der Waals surface area (Å²) in [6.45, 7) is 6.68. The highest BCUT2D eigenvalue weighted by atomic mass is 35.5. The van der Waals surface area contributed by atoms with Gasteiger partial charge in [-0.25, -0.2) is 4.21 Å². The van der Waals surface area contributed by atoms with Crippen molar-refractivity contribution in [3.63, 3.8) is 0 Å². The molecule has 2 aromatic carbocycles. The number of nitrogens with zero attached hydrogens (tertiary/aromatic N) is 2. The minimum absolute atomic E-state index is 0.0267. The molecule has 2 N–H and O–H groups in total. The van der Waals surface area contributed by atoms with Crippen molar-refractivity contribution in [2.45, 2.75) is 81.6 Å². The Morgan fingerprint density at radius 1 is 1.12 bits per heavy atom. The Labute approximate surface area is 289 Å². The third kappa shape index (κ3) is 6.34. The fraction of sp³-hybridized carbons (Fsp3) is 0.595. The largest absolute Gasteiger partial charge is 0.490 e. The standard InChI is InChI=1S/C37H48ClN3O6S/c1-23-15-29(41-13-14-46-20-35(41)43)18-33(42)30-9-6-27(30)19-40-21-37(12-4-5-25-16-28(38)8-10-31(25)37)22-47-34-11-7-26(17-32(34)40)36(44)39-48(3,45)24(23)2/h7-8,10-11,16-17,23-24,27,29-30,33,42H,3-6,9,12-15,18-22H2,1-2H3,(H,39,44,45)/t23-,24+,27-,29-,30+,33-,37-,48?/m0/s1. The number of morpholine rings is 1. The van der Waals surface area contributed by atoms with E-state index in [-0.39, 0.29) is 41.7 Å². The summed E-state index contributed by atoms with van der Waals surface area (Å²) in [6, 6.07) is 11.4. The summed E-state index contributed by atoms with van der Waals surface area (Å²) in [5.74, 6) is 4.37. The molecular weight excluding hydrogens is 650 g/mol. The molecular formula is C37H48ClN3O6S. The van der Waals surface area contributed by atoms with E-state index in [1.54, 1.807) is 6.07 Å². The second kappa shape index (κ2) is 13.2. The van der Waals surface area contributed by atoms with Gasteiger partial charge >= 0.3 is 0 Å².